The maximum absolute atomic E-state index is 12.5. The summed E-state index contributed by atoms with van der Waals surface area (Å²) in [5, 5.41) is 0. The van der Waals surface area contributed by atoms with Crippen LogP contribution in [0.1, 0.15) is 27.5 Å². The van der Waals surface area contributed by atoms with Crippen LogP contribution in [0.15, 0.2) is 38.1 Å². The Labute approximate surface area is 147 Å². The smallest absolute Gasteiger partial charge is 0.244 e. The van der Waals surface area contributed by atoms with Crippen LogP contribution in [0.25, 0.3) is 11.5 Å². The monoisotopic (exact) mass is 389 g/mol. The third-order valence-corrected chi connectivity index (χ3v) is 4.33. The van der Waals surface area contributed by atoms with E-state index in [1.165, 1.54) is 0 Å². The molecule has 1 aliphatic rings. The summed E-state index contributed by atoms with van der Waals surface area (Å²) in [5.41, 5.74) is 1.03. The van der Waals surface area contributed by atoms with Gasteiger partial charge < -0.3 is 9.32 Å². The van der Waals surface area contributed by atoms with E-state index in [0.29, 0.717) is 18.7 Å². The van der Waals surface area contributed by atoms with Crippen molar-refractivity contribution in [2.24, 2.45) is 4.99 Å². The van der Waals surface area contributed by atoms with Crippen LogP contribution in [0.4, 0.5) is 0 Å². The van der Waals surface area contributed by atoms with Crippen molar-refractivity contribution in [2.75, 3.05) is 27.2 Å². The number of halogens is 1. The molecule has 0 fully saturated rings. The van der Waals surface area contributed by atoms with Gasteiger partial charge in [0.15, 0.2) is 11.5 Å². The highest BCUT2D eigenvalue weighted by Gasteiger charge is 2.35. The second-order valence-corrected chi connectivity index (χ2v) is 6.59. The third-order valence-electron chi connectivity index (χ3n) is 3.64. The lowest BCUT2D eigenvalue weighted by atomic mass is 9.97. The van der Waals surface area contributed by atoms with E-state index in [1.807, 2.05) is 43.3 Å². The predicted molar refractivity (Wildman–Crippen MR) is 93.8 cm³/mol. The first-order valence-electron chi connectivity index (χ1n) is 7.49. The van der Waals surface area contributed by atoms with Crippen LogP contribution < -0.4 is 0 Å². The van der Waals surface area contributed by atoms with Crippen LogP contribution in [-0.4, -0.2) is 54.3 Å². The molecule has 1 aromatic heterocycles. The van der Waals surface area contributed by atoms with Crippen LogP contribution in [0.5, 0.6) is 0 Å². The molecule has 6 nitrogen and oxygen atoms in total. The van der Waals surface area contributed by atoms with Gasteiger partial charge in [-0.2, -0.15) is 0 Å². The van der Waals surface area contributed by atoms with Gasteiger partial charge in [-0.1, -0.05) is 12.1 Å². The highest BCUT2D eigenvalue weighted by atomic mass is 79.9. The van der Waals surface area contributed by atoms with E-state index in [0.717, 1.165) is 4.47 Å². The Morgan fingerprint density at radius 2 is 2.04 bits per heavy atom. The van der Waals surface area contributed by atoms with Gasteiger partial charge in [-0.25, -0.2) is 4.98 Å². The van der Waals surface area contributed by atoms with Gasteiger partial charge in [-0.3, -0.25) is 14.6 Å². The summed E-state index contributed by atoms with van der Waals surface area (Å²) in [4.78, 5) is 35.3. The summed E-state index contributed by atoms with van der Waals surface area (Å²) in [7, 11) is 3.85. The largest absolute Gasteiger partial charge is 0.432 e. The molecule has 1 aromatic carbocycles. The number of hydrogen-bond acceptors (Lipinski definition) is 6. The van der Waals surface area contributed by atoms with E-state index >= 15 is 0 Å². The van der Waals surface area contributed by atoms with Crippen LogP contribution in [-0.2, 0) is 0 Å². The molecule has 2 aromatic rings. The Morgan fingerprint density at radius 1 is 1.29 bits per heavy atom. The van der Waals surface area contributed by atoms with Gasteiger partial charge in [0.25, 0.3) is 0 Å². The number of oxazole rings is 1. The first-order chi connectivity index (χ1) is 11.5. The van der Waals surface area contributed by atoms with E-state index in [-0.39, 0.29) is 41.0 Å². The number of nitrogens with zero attached hydrogens (tertiary/aromatic N) is 3. The van der Waals surface area contributed by atoms with Crippen molar-refractivity contribution >= 4 is 33.2 Å². The normalized spacial score (nSPS) is 16.1. The Bertz CT molecular complexity index is 839. The van der Waals surface area contributed by atoms with E-state index in [1.54, 1.807) is 0 Å². The lowest BCUT2D eigenvalue weighted by Gasteiger charge is -2.10. The molecular formula is C17H16BrN3O3. The zero-order valence-corrected chi connectivity index (χ0v) is 15.0. The minimum atomic E-state index is -0.353. The number of Topliss-reactive ketones (excluding diaryl/α,β-unsaturated/α-hetero) is 2. The fourth-order valence-corrected chi connectivity index (χ4v) is 2.83. The number of hydrogen-bond donors (Lipinski definition) is 0. The van der Waals surface area contributed by atoms with Crippen molar-refractivity contribution in [3.63, 3.8) is 0 Å². The fourth-order valence-electron chi connectivity index (χ4n) is 2.37. The van der Waals surface area contributed by atoms with Gasteiger partial charge in [0.05, 0.1) is 24.2 Å². The molecule has 7 heteroatoms. The maximum atomic E-state index is 12.5. The van der Waals surface area contributed by atoms with E-state index in [4.69, 9.17) is 4.42 Å². The van der Waals surface area contributed by atoms with Crippen molar-refractivity contribution in [3.8, 4) is 11.5 Å². The number of likely N-dealkylation sites (N-methyl/N-ethyl adjacent to an activating group) is 1. The zero-order chi connectivity index (χ0) is 17.3. The summed E-state index contributed by atoms with van der Waals surface area (Å²) in [5.74, 6) is -0.353. The Kier molecular flexibility index (Phi) is 4.73. The van der Waals surface area contributed by atoms with Gasteiger partial charge >= 0.3 is 0 Å². The van der Waals surface area contributed by atoms with Gasteiger partial charge in [-0.05, 0) is 42.2 Å². The second kappa shape index (κ2) is 6.78. The molecule has 3 rings (SSSR count). The van der Waals surface area contributed by atoms with Crippen LogP contribution in [0.2, 0.25) is 0 Å². The predicted octanol–water partition coefficient (Wildman–Crippen LogP) is 2.88. The summed E-state index contributed by atoms with van der Waals surface area (Å²) in [6.07, 6.45) is -0.0266. The van der Waals surface area contributed by atoms with Gasteiger partial charge in [-0.15, -0.1) is 0 Å². The van der Waals surface area contributed by atoms with Gasteiger partial charge in [0, 0.05) is 11.0 Å². The summed E-state index contributed by atoms with van der Waals surface area (Å²) in [6, 6.07) is 7.35. The van der Waals surface area contributed by atoms with Crippen molar-refractivity contribution in [3.05, 3.63) is 40.2 Å². The molecule has 24 heavy (non-hydrogen) atoms. The third kappa shape index (κ3) is 3.22. The van der Waals surface area contributed by atoms with E-state index in [9.17, 15) is 9.59 Å². The quantitative estimate of drug-likeness (QED) is 0.803. The molecule has 0 spiro atoms. The SMILES string of the molecule is CN(C)CCN=C1CC(=O)c2nc(-c3ccccc3Br)oc2C1=O. The molecule has 1 heterocycles. The molecule has 0 N–H and O–H groups in total. The first-order valence-corrected chi connectivity index (χ1v) is 8.28. The molecule has 0 saturated heterocycles. The molecule has 0 unspecified atom stereocenters. The highest BCUT2D eigenvalue weighted by Crippen LogP contribution is 2.31. The van der Waals surface area contributed by atoms with Crippen LogP contribution >= 0.6 is 15.9 Å². The number of benzene rings is 1. The summed E-state index contributed by atoms with van der Waals surface area (Å²) < 4.78 is 6.39. The molecule has 0 atom stereocenters. The molecule has 0 bridgehead atoms. The van der Waals surface area contributed by atoms with Crippen molar-refractivity contribution in [2.45, 2.75) is 6.42 Å². The fraction of sp³-hybridized carbons (Fsp3) is 0.294. The second-order valence-electron chi connectivity index (χ2n) is 5.74. The van der Waals surface area contributed by atoms with Gasteiger partial charge in [0.2, 0.25) is 17.4 Å². The highest BCUT2D eigenvalue weighted by molar-refractivity contribution is 9.10. The maximum Gasteiger partial charge on any atom is 0.244 e. The minimum Gasteiger partial charge on any atom is -0.432 e. The van der Waals surface area contributed by atoms with E-state index in [2.05, 4.69) is 25.9 Å². The molecular weight excluding hydrogens is 374 g/mol. The number of rotatable bonds is 4. The number of fused-ring (bicyclic) bond motifs is 1. The molecule has 0 radical (unpaired) electrons. The number of aliphatic imine (C=N–C) groups is 1. The van der Waals surface area contributed by atoms with Crippen molar-refractivity contribution in [1.29, 1.82) is 0 Å². The molecule has 124 valence electrons. The van der Waals surface area contributed by atoms with E-state index < -0.39 is 0 Å². The average molecular weight is 390 g/mol. The lowest BCUT2D eigenvalue weighted by Crippen LogP contribution is -2.27. The van der Waals surface area contributed by atoms with Crippen molar-refractivity contribution in [1.82, 2.24) is 9.88 Å². The lowest BCUT2D eigenvalue weighted by molar-refractivity contribution is 0.0949. The zero-order valence-electron chi connectivity index (χ0n) is 13.4. The standard InChI is InChI=1S/C17H16BrN3O3/c1-21(2)8-7-19-12-9-13(22)14-16(15(12)23)24-17(20-14)10-5-3-4-6-11(10)18/h3-6H,7-9H2,1-2H3. The number of aromatic nitrogens is 1. The van der Waals surface area contributed by atoms with Crippen LogP contribution in [0, 0.1) is 0 Å². The molecule has 0 amide bonds. The Morgan fingerprint density at radius 3 is 2.75 bits per heavy atom. The van der Waals surface area contributed by atoms with Crippen molar-refractivity contribution < 1.29 is 14.0 Å². The first kappa shape index (κ1) is 16.7. The molecule has 1 aliphatic carbocycles. The Hall–Kier alpha value is -2.12. The number of carbonyl (C=O) groups excluding carboxylic acids is 2. The Balaban J connectivity index is 1.94. The minimum absolute atomic E-state index is 0.0133. The number of carbonyl (C=O) groups is 2. The van der Waals surface area contributed by atoms with Crippen LogP contribution in [0.3, 0.4) is 0 Å². The number of ketones is 2. The topological polar surface area (TPSA) is 75.8 Å². The average Bonchev–Trinajstić information content (AvgIpc) is 2.98. The summed E-state index contributed by atoms with van der Waals surface area (Å²) >= 11 is 3.42. The summed E-state index contributed by atoms with van der Waals surface area (Å²) in [6.45, 7) is 1.17. The van der Waals surface area contributed by atoms with Gasteiger partial charge in [0.1, 0.15) is 0 Å². The molecule has 0 aliphatic heterocycles. The molecule has 0 saturated carbocycles.